The molecule has 1 atom stereocenters. The van der Waals surface area contributed by atoms with Gasteiger partial charge < -0.3 is 14.8 Å². The van der Waals surface area contributed by atoms with Crippen LogP contribution < -0.4 is 10.1 Å². The maximum absolute atomic E-state index is 9.26. The van der Waals surface area contributed by atoms with Gasteiger partial charge in [0.25, 0.3) is 0 Å². The molecule has 0 aliphatic rings. The summed E-state index contributed by atoms with van der Waals surface area (Å²) in [6.45, 7) is 2.28. The van der Waals surface area contributed by atoms with E-state index >= 15 is 0 Å². The maximum Gasteiger partial charge on any atom is 0.227 e. The number of rotatable bonds is 7. The molecule has 3 heterocycles. The Hall–Kier alpha value is -3.51. The summed E-state index contributed by atoms with van der Waals surface area (Å²) >= 11 is 0. The third kappa shape index (κ3) is 4.56. The van der Waals surface area contributed by atoms with E-state index in [0.29, 0.717) is 35.1 Å². The highest BCUT2D eigenvalue weighted by Crippen LogP contribution is 2.25. The largest absolute Gasteiger partial charge is 0.487 e. The second kappa shape index (κ2) is 8.25. The lowest BCUT2D eigenvalue weighted by atomic mass is 10.2. The lowest BCUT2D eigenvalue weighted by molar-refractivity contribution is 0.0918. The van der Waals surface area contributed by atoms with Gasteiger partial charge in [-0.15, -0.1) is 0 Å². The molecule has 0 aliphatic carbocycles. The zero-order chi connectivity index (χ0) is 19.2. The number of hydrogen-bond donors (Lipinski definition) is 1. The molecule has 0 bridgehead atoms. The minimum Gasteiger partial charge on any atom is -0.487 e. The Labute approximate surface area is 156 Å². The van der Waals surface area contributed by atoms with Gasteiger partial charge in [0.05, 0.1) is 24.2 Å². The SMILES string of the molecule is COCC(C)Oc1cc(-c2cnc(Nc3cnn(C)c3)nc2)ncc1C#N. The molecule has 0 saturated heterocycles. The van der Waals surface area contributed by atoms with Crippen LogP contribution in [0.1, 0.15) is 12.5 Å². The predicted octanol–water partition coefficient (Wildman–Crippen LogP) is 2.30. The molecule has 0 radical (unpaired) electrons. The lowest BCUT2D eigenvalue weighted by Crippen LogP contribution is -2.18. The average molecular weight is 365 g/mol. The van der Waals surface area contributed by atoms with Gasteiger partial charge in [0.15, 0.2) is 0 Å². The van der Waals surface area contributed by atoms with Crippen LogP contribution in [0.5, 0.6) is 5.75 Å². The standard InChI is InChI=1S/C18H19N7O2/c1-12(11-26-3)27-17-4-16(20-6-13(17)5-19)14-7-21-18(22-8-14)24-15-9-23-25(2)10-15/h4,6-10,12H,11H2,1-3H3,(H,21,22,24). The Morgan fingerprint density at radius 2 is 2.00 bits per heavy atom. The van der Waals surface area contributed by atoms with Crippen molar-refractivity contribution in [3.8, 4) is 23.1 Å². The summed E-state index contributed by atoms with van der Waals surface area (Å²) in [5.41, 5.74) is 2.48. The second-order valence-electron chi connectivity index (χ2n) is 5.88. The smallest absolute Gasteiger partial charge is 0.227 e. The van der Waals surface area contributed by atoms with Gasteiger partial charge in [-0.25, -0.2) is 9.97 Å². The molecule has 1 N–H and O–H groups in total. The van der Waals surface area contributed by atoms with Crippen molar-refractivity contribution in [2.24, 2.45) is 7.05 Å². The molecule has 27 heavy (non-hydrogen) atoms. The zero-order valence-electron chi connectivity index (χ0n) is 15.2. The summed E-state index contributed by atoms with van der Waals surface area (Å²) in [6.07, 6.45) is 8.10. The van der Waals surface area contributed by atoms with Gasteiger partial charge in [-0.1, -0.05) is 0 Å². The van der Waals surface area contributed by atoms with Crippen LogP contribution in [0.4, 0.5) is 11.6 Å². The first kappa shape index (κ1) is 18.3. The van der Waals surface area contributed by atoms with Crippen molar-refractivity contribution in [2.75, 3.05) is 19.0 Å². The van der Waals surface area contributed by atoms with Crippen molar-refractivity contribution in [1.29, 1.82) is 5.26 Å². The normalized spacial score (nSPS) is 11.6. The van der Waals surface area contributed by atoms with Crippen molar-refractivity contribution < 1.29 is 9.47 Å². The molecule has 3 aromatic heterocycles. The number of anilines is 2. The van der Waals surface area contributed by atoms with Gasteiger partial charge in [-0.05, 0) is 6.92 Å². The summed E-state index contributed by atoms with van der Waals surface area (Å²) in [5, 5.41) is 16.4. The quantitative estimate of drug-likeness (QED) is 0.679. The molecule has 1 unspecified atom stereocenters. The van der Waals surface area contributed by atoms with Crippen molar-refractivity contribution in [3.05, 3.63) is 42.6 Å². The van der Waals surface area contributed by atoms with E-state index in [-0.39, 0.29) is 6.10 Å². The molecule has 0 spiro atoms. The monoisotopic (exact) mass is 365 g/mol. The molecule has 0 amide bonds. The van der Waals surface area contributed by atoms with Crippen molar-refractivity contribution >= 4 is 11.6 Å². The van der Waals surface area contributed by atoms with Crippen LogP contribution in [0.25, 0.3) is 11.3 Å². The number of nitrogens with zero attached hydrogens (tertiary/aromatic N) is 6. The molecule has 3 rings (SSSR count). The number of nitrogens with one attached hydrogen (secondary N) is 1. The summed E-state index contributed by atoms with van der Waals surface area (Å²) < 4.78 is 12.5. The van der Waals surface area contributed by atoms with Crippen LogP contribution in [0, 0.1) is 11.3 Å². The molecule has 0 aromatic carbocycles. The van der Waals surface area contributed by atoms with E-state index in [9.17, 15) is 5.26 Å². The highest BCUT2D eigenvalue weighted by molar-refractivity contribution is 5.62. The summed E-state index contributed by atoms with van der Waals surface area (Å²) in [4.78, 5) is 12.9. The molecule has 3 aromatic rings. The van der Waals surface area contributed by atoms with E-state index < -0.39 is 0 Å². The van der Waals surface area contributed by atoms with Crippen LogP contribution in [0.3, 0.4) is 0 Å². The van der Waals surface area contributed by atoms with Gasteiger partial charge in [-0.3, -0.25) is 9.67 Å². The Bertz CT molecular complexity index is 947. The Morgan fingerprint density at radius 3 is 2.63 bits per heavy atom. The van der Waals surface area contributed by atoms with Crippen LogP contribution in [0.15, 0.2) is 37.1 Å². The number of aryl methyl sites for hydroxylation is 1. The van der Waals surface area contributed by atoms with E-state index in [1.54, 1.807) is 36.4 Å². The Kier molecular flexibility index (Phi) is 5.58. The number of ether oxygens (including phenoxy) is 2. The summed E-state index contributed by atoms with van der Waals surface area (Å²) in [7, 11) is 3.43. The van der Waals surface area contributed by atoms with E-state index in [4.69, 9.17) is 9.47 Å². The third-order valence-electron chi connectivity index (χ3n) is 3.62. The minimum absolute atomic E-state index is 0.195. The second-order valence-corrected chi connectivity index (χ2v) is 5.88. The van der Waals surface area contributed by atoms with Crippen molar-refractivity contribution in [1.82, 2.24) is 24.7 Å². The molecule has 9 heteroatoms. The molecule has 9 nitrogen and oxygen atoms in total. The molecule has 0 saturated carbocycles. The highest BCUT2D eigenvalue weighted by atomic mass is 16.5. The fourth-order valence-corrected chi connectivity index (χ4v) is 2.40. The topological polar surface area (TPSA) is 111 Å². The zero-order valence-corrected chi connectivity index (χ0v) is 15.2. The first-order valence-corrected chi connectivity index (χ1v) is 8.23. The number of hydrogen-bond acceptors (Lipinski definition) is 8. The van der Waals surface area contributed by atoms with E-state index in [2.05, 4.69) is 31.4 Å². The van der Waals surface area contributed by atoms with Crippen molar-refractivity contribution in [2.45, 2.75) is 13.0 Å². The van der Waals surface area contributed by atoms with E-state index in [0.717, 1.165) is 5.69 Å². The van der Waals surface area contributed by atoms with Gasteiger partial charge >= 0.3 is 0 Å². The maximum atomic E-state index is 9.26. The van der Waals surface area contributed by atoms with E-state index in [1.165, 1.54) is 6.20 Å². The molecule has 138 valence electrons. The first-order chi connectivity index (χ1) is 13.1. The third-order valence-corrected chi connectivity index (χ3v) is 3.62. The van der Waals surface area contributed by atoms with Gasteiger partial charge in [0.1, 0.15) is 23.5 Å². The van der Waals surface area contributed by atoms with Crippen LogP contribution >= 0.6 is 0 Å². The van der Waals surface area contributed by atoms with E-state index in [1.807, 2.05) is 20.2 Å². The first-order valence-electron chi connectivity index (χ1n) is 8.23. The average Bonchev–Trinajstić information content (AvgIpc) is 3.07. The lowest BCUT2D eigenvalue weighted by Gasteiger charge is -2.15. The number of aromatic nitrogens is 5. The van der Waals surface area contributed by atoms with Gasteiger partial charge in [-0.2, -0.15) is 10.4 Å². The predicted molar refractivity (Wildman–Crippen MR) is 98.4 cm³/mol. The fraction of sp³-hybridized carbons (Fsp3) is 0.278. The van der Waals surface area contributed by atoms with Gasteiger partial charge in [0.2, 0.25) is 5.95 Å². The number of nitriles is 1. The van der Waals surface area contributed by atoms with Crippen molar-refractivity contribution in [3.63, 3.8) is 0 Å². The molecular weight excluding hydrogens is 346 g/mol. The molecule has 0 aliphatic heterocycles. The minimum atomic E-state index is -0.195. The van der Waals surface area contributed by atoms with Crippen LogP contribution in [-0.2, 0) is 11.8 Å². The Balaban J connectivity index is 1.80. The molecular formula is C18H19N7O2. The van der Waals surface area contributed by atoms with Crippen LogP contribution in [-0.4, -0.2) is 44.6 Å². The fourth-order valence-electron chi connectivity index (χ4n) is 2.40. The highest BCUT2D eigenvalue weighted by Gasteiger charge is 2.12. The van der Waals surface area contributed by atoms with Crippen LogP contribution in [0.2, 0.25) is 0 Å². The summed E-state index contributed by atoms with van der Waals surface area (Å²) in [6, 6.07) is 3.79. The number of pyridine rings is 1. The number of methoxy groups -OCH3 is 1. The van der Waals surface area contributed by atoms with Gasteiger partial charge in [0, 0.05) is 50.6 Å². The Morgan fingerprint density at radius 1 is 1.22 bits per heavy atom. The summed E-state index contributed by atoms with van der Waals surface area (Å²) in [5.74, 6) is 0.898. The molecule has 0 fully saturated rings.